The standard InChI is InChI=1S/C18H20BrF3N2O3/c1-9-14-11-7-10(19)8-12(18(20,21)22)13(11)15(25)24(14)6-5-23(9)16(26)27-17(2,3)4/h7-9,14H,5-6H2,1-4H3/t9-,14-/m1/s1. The molecule has 2 aliphatic heterocycles. The Morgan fingerprint density at radius 1 is 1.22 bits per heavy atom. The third-order valence-corrected chi connectivity index (χ3v) is 5.18. The van der Waals surface area contributed by atoms with E-state index in [1.165, 1.54) is 15.9 Å². The molecule has 1 fully saturated rings. The minimum absolute atomic E-state index is 0.149. The maximum Gasteiger partial charge on any atom is 0.417 e. The van der Waals surface area contributed by atoms with Crippen LogP contribution in [0.4, 0.5) is 18.0 Å². The molecular formula is C18H20BrF3N2O3. The molecule has 27 heavy (non-hydrogen) atoms. The van der Waals surface area contributed by atoms with E-state index >= 15 is 0 Å². The van der Waals surface area contributed by atoms with Crippen molar-refractivity contribution in [3.63, 3.8) is 0 Å². The monoisotopic (exact) mass is 448 g/mol. The molecule has 0 aromatic heterocycles. The fourth-order valence-electron chi connectivity index (χ4n) is 3.69. The minimum atomic E-state index is -4.65. The van der Waals surface area contributed by atoms with E-state index in [0.29, 0.717) is 0 Å². The van der Waals surface area contributed by atoms with Crippen molar-refractivity contribution in [2.24, 2.45) is 0 Å². The molecule has 2 atom stereocenters. The van der Waals surface area contributed by atoms with Gasteiger partial charge in [0.2, 0.25) is 0 Å². The molecule has 2 heterocycles. The highest BCUT2D eigenvalue weighted by atomic mass is 79.9. The van der Waals surface area contributed by atoms with Gasteiger partial charge in [-0.25, -0.2) is 4.79 Å². The van der Waals surface area contributed by atoms with Crippen molar-refractivity contribution in [1.29, 1.82) is 0 Å². The number of hydrogen-bond acceptors (Lipinski definition) is 3. The Bertz CT molecular complexity index is 804. The molecule has 0 unspecified atom stereocenters. The number of hydrogen-bond donors (Lipinski definition) is 0. The molecule has 1 saturated heterocycles. The zero-order valence-electron chi connectivity index (χ0n) is 15.4. The number of carbonyl (C=O) groups is 2. The number of ether oxygens (including phenoxy) is 1. The molecule has 0 radical (unpaired) electrons. The first-order chi connectivity index (χ1) is 12.3. The lowest BCUT2D eigenvalue weighted by atomic mass is 9.94. The van der Waals surface area contributed by atoms with Crippen LogP contribution in [0, 0.1) is 0 Å². The molecule has 0 aliphatic carbocycles. The van der Waals surface area contributed by atoms with Crippen molar-refractivity contribution in [2.45, 2.75) is 51.6 Å². The third kappa shape index (κ3) is 3.53. The summed E-state index contributed by atoms with van der Waals surface area (Å²) in [6.07, 6.45) is -5.19. The van der Waals surface area contributed by atoms with E-state index in [2.05, 4.69) is 15.9 Å². The first kappa shape index (κ1) is 20.0. The largest absolute Gasteiger partial charge is 0.444 e. The van der Waals surface area contributed by atoms with E-state index in [1.807, 2.05) is 0 Å². The van der Waals surface area contributed by atoms with Crippen molar-refractivity contribution in [3.05, 3.63) is 33.3 Å². The SMILES string of the molecule is C[C@@H]1[C@@H]2c3cc(Br)cc(C(F)(F)F)c3C(=O)N2CCN1C(=O)OC(C)(C)C. The Kier molecular flexibility index (Phi) is 4.73. The van der Waals surface area contributed by atoms with Crippen LogP contribution in [0.15, 0.2) is 16.6 Å². The van der Waals surface area contributed by atoms with Crippen molar-refractivity contribution in [1.82, 2.24) is 9.80 Å². The fourth-order valence-corrected chi connectivity index (χ4v) is 4.17. The number of halogens is 4. The summed E-state index contributed by atoms with van der Waals surface area (Å²) in [5, 5.41) is 0. The molecule has 5 nitrogen and oxygen atoms in total. The van der Waals surface area contributed by atoms with Gasteiger partial charge in [0.15, 0.2) is 0 Å². The smallest absolute Gasteiger partial charge is 0.417 e. The maximum atomic E-state index is 13.5. The second-order valence-corrected chi connectivity index (χ2v) is 8.69. The van der Waals surface area contributed by atoms with Gasteiger partial charge in [-0.2, -0.15) is 13.2 Å². The second-order valence-electron chi connectivity index (χ2n) is 7.77. The molecule has 1 aromatic carbocycles. The summed E-state index contributed by atoms with van der Waals surface area (Å²) in [7, 11) is 0. The number of amides is 2. The lowest BCUT2D eigenvalue weighted by Crippen LogP contribution is -2.55. The number of alkyl halides is 3. The summed E-state index contributed by atoms with van der Waals surface area (Å²) in [6.45, 7) is 7.30. The van der Waals surface area contributed by atoms with Gasteiger partial charge in [0.05, 0.1) is 23.2 Å². The third-order valence-electron chi connectivity index (χ3n) is 4.73. The van der Waals surface area contributed by atoms with Crippen LogP contribution in [0.5, 0.6) is 0 Å². The van der Waals surface area contributed by atoms with Gasteiger partial charge in [0, 0.05) is 17.6 Å². The normalized spacial score (nSPS) is 22.6. The average molecular weight is 449 g/mol. The van der Waals surface area contributed by atoms with E-state index in [4.69, 9.17) is 4.74 Å². The summed E-state index contributed by atoms with van der Waals surface area (Å²) < 4.78 is 46.1. The van der Waals surface area contributed by atoms with Crippen molar-refractivity contribution in [2.75, 3.05) is 13.1 Å². The van der Waals surface area contributed by atoms with Crippen LogP contribution in [-0.4, -0.2) is 46.5 Å². The lowest BCUT2D eigenvalue weighted by molar-refractivity contribution is -0.138. The van der Waals surface area contributed by atoms with Gasteiger partial charge < -0.3 is 14.5 Å². The lowest BCUT2D eigenvalue weighted by Gasteiger charge is -2.43. The molecule has 2 aliphatic rings. The molecule has 148 valence electrons. The fraction of sp³-hybridized carbons (Fsp3) is 0.556. The second kappa shape index (κ2) is 6.39. The van der Waals surface area contributed by atoms with Crippen LogP contribution in [-0.2, 0) is 10.9 Å². The Morgan fingerprint density at radius 2 is 1.85 bits per heavy atom. The molecule has 3 rings (SSSR count). The molecule has 2 amide bonds. The number of carbonyl (C=O) groups excluding carboxylic acids is 2. The number of fused-ring (bicyclic) bond motifs is 3. The summed E-state index contributed by atoms with van der Waals surface area (Å²) in [6, 6.07) is 1.29. The van der Waals surface area contributed by atoms with E-state index in [1.54, 1.807) is 27.7 Å². The first-order valence-electron chi connectivity index (χ1n) is 8.52. The summed E-state index contributed by atoms with van der Waals surface area (Å²) in [5.74, 6) is -0.648. The van der Waals surface area contributed by atoms with Gasteiger partial charge in [-0.15, -0.1) is 0 Å². The van der Waals surface area contributed by atoms with Gasteiger partial charge in [0.1, 0.15) is 5.60 Å². The molecule has 1 aromatic rings. The van der Waals surface area contributed by atoms with Crippen molar-refractivity contribution in [3.8, 4) is 0 Å². The number of benzene rings is 1. The number of rotatable bonds is 0. The summed E-state index contributed by atoms with van der Waals surface area (Å²) in [5.41, 5.74) is -1.69. The van der Waals surface area contributed by atoms with Crippen LogP contribution in [0.2, 0.25) is 0 Å². The Balaban J connectivity index is 2.03. The van der Waals surface area contributed by atoms with Crippen LogP contribution in [0.25, 0.3) is 0 Å². The van der Waals surface area contributed by atoms with Crippen LogP contribution >= 0.6 is 15.9 Å². The van der Waals surface area contributed by atoms with Crippen molar-refractivity contribution >= 4 is 27.9 Å². The zero-order valence-corrected chi connectivity index (χ0v) is 16.9. The van der Waals surface area contributed by atoms with Gasteiger partial charge in [-0.05, 0) is 45.4 Å². The molecule has 0 bridgehead atoms. The van der Waals surface area contributed by atoms with Gasteiger partial charge >= 0.3 is 12.3 Å². The average Bonchev–Trinajstić information content (AvgIpc) is 2.77. The number of nitrogens with zero attached hydrogens (tertiary/aromatic N) is 2. The van der Waals surface area contributed by atoms with Crippen molar-refractivity contribution < 1.29 is 27.5 Å². The Morgan fingerprint density at radius 3 is 2.41 bits per heavy atom. The van der Waals surface area contributed by atoms with Gasteiger partial charge in [-0.3, -0.25) is 4.79 Å². The van der Waals surface area contributed by atoms with Crippen LogP contribution < -0.4 is 0 Å². The molecule has 0 saturated carbocycles. The highest BCUT2D eigenvalue weighted by Crippen LogP contribution is 2.46. The highest BCUT2D eigenvalue weighted by Gasteiger charge is 2.50. The molecular weight excluding hydrogens is 429 g/mol. The van der Waals surface area contributed by atoms with Gasteiger partial charge in [-0.1, -0.05) is 15.9 Å². The maximum absolute atomic E-state index is 13.5. The topological polar surface area (TPSA) is 49.9 Å². The molecule has 9 heteroatoms. The zero-order chi connectivity index (χ0) is 20.3. The Hall–Kier alpha value is -1.77. The summed E-state index contributed by atoms with van der Waals surface area (Å²) in [4.78, 5) is 28.1. The minimum Gasteiger partial charge on any atom is -0.444 e. The molecule has 0 spiro atoms. The molecule has 0 N–H and O–H groups in total. The quantitative estimate of drug-likeness (QED) is 0.582. The Labute approximate surface area is 163 Å². The number of piperazine rings is 1. The van der Waals surface area contributed by atoms with Crippen LogP contribution in [0.3, 0.4) is 0 Å². The van der Waals surface area contributed by atoms with Gasteiger partial charge in [0.25, 0.3) is 5.91 Å². The highest BCUT2D eigenvalue weighted by molar-refractivity contribution is 9.10. The predicted octanol–water partition coefficient (Wildman–Crippen LogP) is 4.60. The summed E-state index contributed by atoms with van der Waals surface area (Å²) >= 11 is 3.11. The van der Waals surface area contributed by atoms with E-state index in [0.717, 1.165) is 6.07 Å². The van der Waals surface area contributed by atoms with E-state index < -0.39 is 41.4 Å². The van der Waals surface area contributed by atoms with E-state index in [9.17, 15) is 22.8 Å². The van der Waals surface area contributed by atoms with Crippen LogP contribution in [0.1, 0.15) is 55.2 Å². The first-order valence-corrected chi connectivity index (χ1v) is 9.32. The predicted molar refractivity (Wildman–Crippen MR) is 95.3 cm³/mol. The van der Waals surface area contributed by atoms with E-state index in [-0.39, 0.29) is 28.7 Å².